The largest absolute Gasteiger partial charge is 0.371 e. The van der Waals surface area contributed by atoms with E-state index in [4.69, 9.17) is 0 Å². The molecule has 0 spiro atoms. The molecule has 0 amide bonds. The van der Waals surface area contributed by atoms with E-state index in [0.29, 0.717) is 0 Å². The summed E-state index contributed by atoms with van der Waals surface area (Å²) < 4.78 is 1.17. The minimum Gasteiger partial charge on any atom is -0.371 e. The fourth-order valence-corrected chi connectivity index (χ4v) is 2.10. The zero-order valence-electron chi connectivity index (χ0n) is 7.83. The Morgan fingerprint density at radius 1 is 1.46 bits per heavy atom. The summed E-state index contributed by atoms with van der Waals surface area (Å²) in [5.74, 6) is 0.916. The summed E-state index contributed by atoms with van der Waals surface area (Å²) in [6.45, 7) is 4.73. The zero-order chi connectivity index (χ0) is 9.26. The predicted octanol–water partition coefficient (Wildman–Crippen LogP) is 3.30. The summed E-state index contributed by atoms with van der Waals surface area (Å²) in [4.78, 5) is 2.43. The van der Waals surface area contributed by atoms with Crippen molar-refractivity contribution in [3.8, 4) is 0 Å². The highest BCUT2D eigenvalue weighted by molar-refractivity contribution is 9.10. The van der Waals surface area contributed by atoms with Crippen LogP contribution in [0.2, 0.25) is 0 Å². The van der Waals surface area contributed by atoms with E-state index in [1.807, 2.05) is 0 Å². The van der Waals surface area contributed by atoms with E-state index in [0.717, 1.165) is 5.92 Å². The molecule has 13 heavy (non-hydrogen) atoms. The van der Waals surface area contributed by atoms with Crippen molar-refractivity contribution in [2.24, 2.45) is 5.92 Å². The van der Waals surface area contributed by atoms with Crippen LogP contribution in [0.5, 0.6) is 0 Å². The third kappa shape index (κ3) is 1.88. The lowest BCUT2D eigenvalue weighted by Crippen LogP contribution is -2.46. The maximum absolute atomic E-state index is 3.49. The Hall–Kier alpha value is -0.500. The zero-order valence-corrected chi connectivity index (χ0v) is 9.42. The molecule has 0 N–H and O–H groups in total. The fourth-order valence-electron chi connectivity index (χ4n) is 1.71. The summed E-state index contributed by atoms with van der Waals surface area (Å²) in [5.41, 5.74) is 1.35. The summed E-state index contributed by atoms with van der Waals surface area (Å²) in [5, 5.41) is 0. The van der Waals surface area contributed by atoms with Gasteiger partial charge in [-0.1, -0.05) is 28.9 Å². The summed E-state index contributed by atoms with van der Waals surface area (Å²) in [7, 11) is 0. The van der Waals surface area contributed by atoms with Gasteiger partial charge in [0, 0.05) is 23.2 Å². The first-order valence-electron chi connectivity index (χ1n) is 4.80. The van der Waals surface area contributed by atoms with E-state index in [1.54, 1.807) is 0 Å². The average molecular weight is 240 g/mol. The standard InChI is InChI=1S/C11H14BrN/c1-2-9-7-13(8-9)11-5-3-4-10(12)6-11/h3-6,9H,2,7-8H2,1H3. The number of benzene rings is 1. The van der Waals surface area contributed by atoms with Crippen LogP contribution in [0.25, 0.3) is 0 Å². The second-order valence-electron chi connectivity index (χ2n) is 3.66. The van der Waals surface area contributed by atoms with Gasteiger partial charge in [-0.15, -0.1) is 0 Å². The molecule has 0 atom stereocenters. The Balaban J connectivity index is 2.03. The van der Waals surface area contributed by atoms with E-state index in [1.165, 1.54) is 29.7 Å². The number of nitrogens with zero attached hydrogens (tertiary/aromatic N) is 1. The fraction of sp³-hybridized carbons (Fsp3) is 0.455. The second kappa shape index (κ2) is 3.70. The van der Waals surface area contributed by atoms with Crippen LogP contribution in [0.3, 0.4) is 0 Å². The van der Waals surface area contributed by atoms with E-state index in [2.05, 4.69) is 52.0 Å². The minimum atomic E-state index is 0.916. The van der Waals surface area contributed by atoms with Gasteiger partial charge in [0.2, 0.25) is 0 Å². The van der Waals surface area contributed by atoms with E-state index < -0.39 is 0 Å². The highest BCUT2D eigenvalue weighted by Gasteiger charge is 2.24. The predicted molar refractivity (Wildman–Crippen MR) is 60.1 cm³/mol. The molecule has 70 valence electrons. The van der Waals surface area contributed by atoms with Crippen LogP contribution in [-0.2, 0) is 0 Å². The molecule has 1 saturated heterocycles. The molecule has 1 aromatic rings. The number of hydrogen-bond acceptors (Lipinski definition) is 1. The smallest absolute Gasteiger partial charge is 0.0377 e. The van der Waals surface area contributed by atoms with Crippen LogP contribution in [0, 0.1) is 5.92 Å². The Bertz CT molecular complexity index is 292. The van der Waals surface area contributed by atoms with E-state index in [9.17, 15) is 0 Å². The molecule has 2 rings (SSSR count). The van der Waals surface area contributed by atoms with Gasteiger partial charge in [-0.05, 0) is 30.5 Å². The first-order chi connectivity index (χ1) is 6.29. The molecule has 2 heteroatoms. The Kier molecular flexibility index (Phi) is 2.58. The normalized spacial score (nSPS) is 17.2. The van der Waals surface area contributed by atoms with Gasteiger partial charge >= 0.3 is 0 Å². The van der Waals surface area contributed by atoms with Crippen molar-refractivity contribution in [3.63, 3.8) is 0 Å². The van der Waals surface area contributed by atoms with Crippen molar-refractivity contribution in [3.05, 3.63) is 28.7 Å². The molecule has 0 aliphatic carbocycles. The second-order valence-corrected chi connectivity index (χ2v) is 4.57. The molecule has 0 bridgehead atoms. The van der Waals surface area contributed by atoms with Crippen molar-refractivity contribution in [1.29, 1.82) is 0 Å². The van der Waals surface area contributed by atoms with Crippen molar-refractivity contribution in [1.82, 2.24) is 0 Å². The monoisotopic (exact) mass is 239 g/mol. The SMILES string of the molecule is CCC1CN(c2cccc(Br)c2)C1. The molecule has 0 saturated carbocycles. The highest BCUT2D eigenvalue weighted by Crippen LogP contribution is 2.27. The molecule has 1 aromatic carbocycles. The summed E-state index contributed by atoms with van der Waals surface area (Å²) in [6, 6.07) is 8.53. The Morgan fingerprint density at radius 2 is 2.23 bits per heavy atom. The van der Waals surface area contributed by atoms with Crippen molar-refractivity contribution >= 4 is 21.6 Å². The lowest BCUT2D eigenvalue weighted by molar-refractivity contribution is 0.399. The van der Waals surface area contributed by atoms with Crippen LogP contribution in [-0.4, -0.2) is 13.1 Å². The third-order valence-electron chi connectivity index (χ3n) is 2.71. The Morgan fingerprint density at radius 3 is 2.85 bits per heavy atom. The quantitative estimate of drug-likeness (QED) is 0.766. The van der Waals surface area contributed by atoms with E-state index in [-0.39, 0.29) is 0 Å². The van der Waals surface area contributed by atoms with Crippen LogP contribution in [0.15, 0.2) is 28.7 Å². The minimum absolute atomic E-state index is 0.916. The lowest BCUT2D eigenvalue weighted by Gasteiger charge is -2.40. The van der Waals surface area contributed by atoms with Crippen LogP contribution in [0.1, 0.15) is 13.3 Å². The van der Waals surface area contributed by atoms with Gasteiger partial charge in [0.1, 0.15) is 0 Å². The molecule has 1 aliphatic rings. The van der Waals surface area contributed by atoms with Crippen LogP contribution in [0.4, 0.5) is 5.69 Å². The molecule has 1 fully saturated rings. The highest BCUT2D eigenvalue weighted by atomic mass is 79.9. The maximum atomic E-state index is 3.49. The number of hydrogen-bond donors (Lipinski definition) is 0. The van der Waals surface area contributed by atoms with Gasteiger partial charge in [-0.2, -0.15) is 0 Å². The molecular weight excluding hydrogens is 226 g/mol. The van der Waals surface area contributed by atoms with Gasteiger partial charge in [-0.3, -0.25) is 0 Å². The number of halogens is 1. The number of anilines is 1. The van der Waals surface area contributed by atoms with Gasteiger partial charge in [0.15, 0.2) is 0 Å². The van der Waals surface area contributed by atoms with Crippen LogP contribution < -0.4 is 4.90 Å². The molecule has 0 radical (unpaired) electrons. The van der Waals surface area contributed by atoms with Crippen LogP contribution >= 0.6 is 15.9 Å². The first kappa shape index (κ1) is 9.07. The molecule has 1 heterocycles. The van der Waals surface area contributed by atoms with E-state index >= 15 is 0 Å². The van der Waals surface area contributed by atoms with Gasteiger partial charge in [0.25, 0.3) is 0 Å². The molecule has 1 aliphatic heterocycles. The molecule has 0 aromatic heterocycles. The summed E-state index contributed by atoms with van der Waals surface area (Å²) >= 11 is 3.49. The van der Waals surface area contributed by atoms with Crippen molar-refractivity contribution in [2.75, 3.05) is 18.0 Å². The molecule has 0 unspecified atom stereocenters. The molecule has 1 nitrogen and oxygen atoms in total. The lowest BCUT2D eigenvalue weighted by atomic mass is 9.97. The van der Waals surface area contributed by atoms with Gasteiger partial charge in [0.05, 0.1) is 0 Å². The molecular formula is C11H14BrN. The summed E-state index contributed by atoms with van der Waals surface area (Å²) in [6.07, 6.45) is 1.31. The maximum Gasteiger partial charge on any atom is 0.0377 e. The third-order valence-corrected chi connectivity index (χ3v) is 3.20. The topological polar surface area (TPSA) is 3.24 Å². The average Bonchev–Trinajstić information content (AvgIpc) is 2.02. The van der Waals surface area contributed by atoms with Gasteiger partial charge < -0.3 is 4.90 Å². The first-order valence-corrected chi connectivity index (χ1v) is 5.59. The van der Waals surface area contributed by atoms with Crippen molar-refractivity contribution in [2.45, 2.75) is 13.3 Å². The van der Waals surface area contributed by atoms with Gasteiger partial charge in [-0.25, -0.2) is 0 Å². The number of rotatable bonds is 2. The Labute approximate surface area is 87.9 Å². The van der Waals surface area contributed by atoms with Crippen molar-refractivity contribution < 1.29 is 0 Å².